The molecule has 0 aliphatic carbocycles. The van der Waals surface area contributed by atoms with Crippen molar-refractivity contribution in [2.75, 3.05) is 6.61 Å². The van der Waals surface area contributed by atoms with E-state index in [1.807, 2.05) is 6.08 Å². The predicted molar refractivity (Wildman–Crippen MR) is 225 cm³/mol. The third-order valence-corrected chi connectivity index (χ3v) is 10.3. The van der Waals surface area contributed by atoms with Gasteiger partial charge in [0.2, 0.25) is 5.91 Å². The van der Waals surface area contributed by atoms with Gasteiger partial charge in [0.15, 0.2) is 0 Å². The molecule has 0 aliphatic rings. The van der Waals surface area contributed by atoms with Crippen molar-refractivity contribution in [2.24, 2.45) is 0 Å². The Kier molecular flexibility index (Phi) is 41.8. The second-order valence-corrected chi connectivity index (χ2v) is 15.5. The lowest BCUT2D eigenvalue weighted by molar-refractivity contribution is -0.123. The van der Waals surface area contributed by atoms with Gasteiger partial charge >= 0.3 is 0 Å². The normalized spacial score (nSPS) is 13.3. The minimum atomic E-state index is -0.864. The van der Waals surface area contributed by atoms with Gasteiger partial charge in [-0.15, -0.1) is 0 Å². The Bertz CT molecular complexity index is 775. The average Bonchev–Trinajstić information content (AvgIpc) is 3.13. The van der Waals surface area contributed by atoms with Crippen LogP contribution in [0.1, 0.15) is 239 Å². The second-order valence-electron chi connectivity index (χ2n) is 15.5. The molecule has 2 unspecified atom stereocenters. The Labute approximate surface area is 319 Å². The number of hydrogen-bond acceptors (Lipinski definition) is 3. The summed E-state index contributed by atoms with van der Waals surface area (Å²) in [5.74, 6) is -0.0814. The SMILES string of the molecule is CCCCCCCCC/C=C\CCCCCCCC(=O)NC(CO)C(O)/C=C/CC/C=C/CCCCCCCCCCCCCCCCCCC. The highest BCUT2D eigenvalue weighted by atomic mass is 16.3. The van der Waals surface area contributed by atoms with Crippen LogP contribution < -0.4 is 5.32 Å². The summed E-state index contributed by atoms with van der Waals surface area (Å²) < 4.78 is 0. The molecular weight excluding hydrogens is 627 g/mol. The fourth-order valence-electron chi connectivity index (χ4n) is 6.84. The summed E-state index contributed by atoms with van der Waals surface area (Å²) in [6.07, 6.45) is 56.9. The maximum atomic E-state index is 12.4. The lowest BCUT2D eigenvalue weighted by Crippen LogP contribution is -2.45. The van der Waals surface area contributed by atoms with Gasteiger partial charge in [-0.2, -0.15) is 0 Å². The molecule has 0 aromatic heterocycles. The van der Waals surface area contributed by atoms with Crippen LogP contribution in [0.15, 0.2) is 36.5 Å². The van der Waals surface area contributed by atoms with Gasteiger partial charge in [-0.3, -0.25) is 4.79 Å². The highest BCUT2D eigenvalue weighted by molar-refractivity contribution is 5.76. The van der Waals surface area contributed by atoms with Crippen LogP contribution in [-0.4, -0.2) is 34.9 Å². The fraction of sp³-hybridized carbons (Fsp3) is 0.851. The molecule has 51 heavy (non-hydrogen) atoms. The van der Waals surface area contributed by atoms with Crippen molar-refractivity contribution < 1.29 is 15.0 Å². The summed E-state index contributed by atoms with van der Waals surface area (Å²) in [6, 6.07) is -0.642. The molecule has 0 saturated heterocycles. The zero-order chi connectivity index (χ0) is 37.1. The van der Waals surface area contributed by atoms with E-state index in [1.165, 1.54) is 173 Å². The number of carbonyl (C=O) groups is 1. The van der Waals surface area contributed by atoms with Gasteiger partial charge in [-0.05, 0) is 57.8 Å². The number of amides is 1. The van der Waals surface area contributed by atoms with E-state index in [4.69, 9.17) is 0 Å². The molecule has 3 N–H and O–H groups in total. The van der Waals surface area contributed by atoms with E-state index in [1.54, 1.807) is 6.08 Å². The molecule has 0 heterocycles. The fourth-order valence-corrected chi connectivity index (χ4v) is 6.84. The molecule has 2 atom stereocenters. The van der Waals surface area contributed by atoms with E-state index in [-0.39, 0.29) is 12.5 Å². The third kappa shape index (κ3) is 39.6. The van der Waals surface area contributed by atoms with Crippen molar-refractivity contribution >= 4 is 5.91 Å². The van der Waals surface area contributed by atoms with Crippen LogP contribution >= 0.6 is 0 Å². The molecule has 0 fully saturated rings. The number of hydrogen-bond donors (Lipinski definition) is 3. The molecule has 1 amide bonds. The lowest BCUT2D eigenvalue weighted by atomic mass is 10.0. The molecular formula is C47H89NO3. The number of unbranched alkanes of at least 4 members (excludes halogenated alkanes) is 30. The molecule has 0 radical (unpaired) electrons. The third-order valence-electron chi connectivity index (χ3n) is 10.3. The topological polar surface area (TPSA) is 69.6 Å². The molecule has 0 saturated carbocycles. The van der Waals surface area contributed by atoms with E-state index >= 15 is 0 Å². The highest BCUT2D eigenvalue weighted by Gasteiger charge is 2.17. The summed E-state index contributed by atoms with van der Waals surface area (Å²) in [4.78, 5) is 12.4. The Balaban J connectivity index is 3.60. The molecule has 300 valence electrons. The molecule has 0 bridgehead atoms. The van der Waals surface area contributed by atoms with Crippen LogP contribution in [0.25, 0.3) is 0 Å². The van der Waals surface area contributed by atoms with Crippen LogP contribution in [0.2, 0.25) is 0 Å². The first-order valence-electron chi connectivity index (χ1n) is 22.7. The highest BCUT2D eigenvalue weighted by Crippen LogP contribution is 2.15. The Morgan fingerprint density at radius 3 is 1.14 bits per heavy atom. The number of allylic oxidation sites excluding steroid dienone is 5. The number of nitrogens with one attached hydrogen (secondary N) is 1. The zero-order valence-electron chi connectivity index (χ0n) is 34.4. The van der Waals surface area contributed by atoms with Gasteiger partial charge in [0.05, 0.1) is 18.8 Å². The maximum absolute atomic E-state index is 12.4. The molecule has 4 nitrogen and oxygen atoms in total. The van der Waals surface area contributed by atoms with E-state index in [2.05, 4.69) is 43.5 Å². The smallest absolute Gasteiger partial charge is 0.220 e. The van der Waals surface area contributed by atoms with E-state index in [0.29, 0.717) is 6.42 Å². The Morgan fingerprint density at radius 2 is 0.765 bits per heavy atom. The standard InChI is InChI=1S/C47H89NO3/c1-3-5-7-9-11-13-15-17-19-21-22-23-24-25-26-27-28-30-32-34-36-38-40-42-46(50)45(44-49)48-47(51)43-41-39-37-35-33-31-29-20-18-16-14-12-10-8-6-4-2/h20,29,32,34,40,42,45-46,49-50H,3-19,21-28,30-31,33,35-39,41,43-44H2,1-2H3,(H,48,51)/b29-20-,34-32+,42-40+. The number of aliphatic hydroxyl groups excluding tert-OH is 2. The first kappa shape index (κ1) is 49.6. The van der Waals surface area contributed by atoms with Gasteiger partial charge in [-0.1, -0.05) is 211 Å². The molecule has 0 spiro atoms. The first-order chi connectivity index (χ1) is 25.2. The van der Waals surface area contributed by atoms with Gasteiger partial charge in [0, 0.05) is 6.42 Å². The Morgan fingerprint density at radius 1 is 0.451 bits per heavy atom. The summed E-state index contributed by atoms with van der Waals surface area (Å²) in [7, 11) is 0. The molecule has 4 heteroatoms. The van der Waals surface area contributed by atoms with Crippen LogP contribution in [-0.2, 0) is 4.79 Å². The van der Waals surface area contributed by atoms with Gasteiger partial charge < -0.3 is 15.5 Å². The van der Waals surface area contributed by atoms with Crippen LogP contribution in [0.4, 0.5) is 0 Å². The predicted octanol–water partition coefficient (Wildman–Crippen LogP) is 14.2. The van der Waals surface area contributed by atoms with Crippen molar-refractivity contribution in [3.05, 3.63) is 36.5 Å². The van der Waals surface area contributed by atoms with Crippen molar-refractivity contribution in [1.82, 2.24) is 5.32 Å². The minimum absolute atomic E-state index is 0.0814. The van der Waals surface area contributed by atoms with E-state index in [0.717, 1.165) is 44.9 Å². The van der Waals surface area contributed by atoms with Gasteiger partial charge in [0.1, 0.15) is 0 Å². The van der Waals surface area contributed by atoms with Gasteiger partial charge in [0.25, 0.3) is 0 Å². The van der Waals surface area contributed by atoms with Crippen LogP contribution in [0.5, 0.6) is 0 Å². The van der Waals surface area contributed by atoms with Crippen molar-refractivity contribution in [2.45, 2.75) is 251 Å². The molecule has 0 rings (SSSR count). The number of aliphatic hydroxyl groups is 2. The van der Waals surface area contributed by atoms with Crippen LogP contribution in [0.3, 0.4) is 0 Å². The van der Waals surface area contributed by atoms with Crippen LogP contribution in [0, 0.1) is 0 Å². The zero-order valence-corrected chi connectivity index (χ0v) is 34.4. The quantitative estimate of drug-likeness (QED) is 0.0436. The monoisotopic (exact) mass is 716 g/mol. The van der Waals surface area contributed by atoms with E-state index in [9.17, 15) is 15.0 Å². The Hall–Kier alpha value is -1.39. The van der Waals surface area contributed by atoms with Crippen molar-refractivity contribution in [1.29, 1.82) is 0 Å². The molecule has 0 aliphatic heterocycles. The van der Waals surface area contributed by atoms with Crippen molar-refractivity contribution in [3.63, 3.8) is 0 Å². The summed E-state index contributed by atoms with van der Waals surface area (Å²) >= 11 is 0. The molecule has 0 aromatic rings. The number of rotatable bonds is 41. The second kappa shape index (κ2) is 43.0. The van der Waals surface area contributed by atoms with E-state index < -0.39 is 12.1 Å². The van der Waals surface area contributed by atoms with Gasteiger partial charge in [-0.25, -0.2) is 0 Å². The summed E-state index contributed by atoms with van der Waals surface area (Å²) in [6.45, 7) is 4.30. The average molecular weight is 716 g/mol. The first-order valence-corrected chi connectivity index (χ1v) is 22.7. The maximum Gasteiger partial charge on any atom is 0.220 e. The lowest BCUT2D eigenvalue weighted by Gasteiger charge is -2.19. The van der Waals surface area contributed by atoms with Crippen molar-refractivity contribution in [3.8, 4) is 0 Å². The molecule has 0 aromatic carbocycles. The summed E-state index contributed by atoms with van der Waals surface area (Å²) in [5.41, 5.74) is 0. The number of carbonyl (C=O) groups excluding carboxylic acids is 1. The minimum Gasteiger partial charge on any atom is -0.394 e. The largest absolute Gasteiger partial charge is 0.394 e. The summed E-state index contributed by atoms with van der Waals surface area (Å²) in [5, 5.41) is 23.0.